The lowest BCUT2D eigenvalue weighted by molar-refractivity contribution is -0.137. The van der Waals surface area contributed by atoms with Crippen molar-refractivity contribution in [2.75, 3.05) is 18.8 Å². The van der Waals surface area contributed by atoms with Crippen LogP contribution < -0.4 is 0 Å². The summed E-state index contributed by atoms with van der Waals surface area (Å²) >= 11 is 3.27. The third-order valence-corrected chi connectivity index (χ3v) is 5.40. The Morgan fingerprint density at radius 3 is 2.29 bits per heavy atom. The van der Waals surface area contributed by atoms with Crippen molar-refractivity contribution in [2.45, 2.75) is 31.2 Å². The van der Waals surface area contributed by atoms with Crippen LogP contribution in [0.1, 0.15) is 20.3 Å². The molecular weight excluding hydrogens is 358 g/mol. The number of carboxylic acid groups (broad SMARTS) is 1. The van der Waals surface area contributed by atoms with Crippen molar-refractivity contribution < 1.29 is 18.3 Å². The first-order chi connectivity index (χ1) is 9.72. The molecule has 1 rings (SSSR count). The van der Waals surface area contributed by atoms with Crippen LogP contribution in [0.15, 0.2) is 33.6 Å². The molecule has 0 saturated heterocycles. The number of aliphatic carboxylic acids is 1. The van der Waals surface area contributed by atoms with Gasteiger partial charge >= 0.3 is 5.97 Å². The highest BCUT2D eigenvalue weighted by Gasteiger charge is 2.18. The van der Waals surface area contributed by atoms with Gasteiger partial charge in [0.15, 0.2) is 9.84 Å². The lowest BCUT2D eigenvalue weighted by Crippen LogP contribution is -2.36. The van der Waals surface area contributed by atoms with Gasteiger partial charge in [-0.15, -0.1) is 0 Å². The van der Waals surface area contributed by atoms with E-state index in [9.17, 15) is 13.2 Å². The summed E-state index contributed by atoms with van der Waals surface area (Å²) < 4.78 is 25.3. The minimum atomic E-state index is -3.35. The number of hydrogen-bond acceptors (Lipinski definition) is 4. The number of carboxylic acids is 1. The van der Waals surface area contributed by atoms with Gasteiger partial charge in [0.25, 0.3) is 0 Å². The molecule has 0 aliphatic heterocycles. The van der Waals surface area contributed by atoms with E-state index in [1.54, 1.807) is 24.3 Å². The van der Waals surface area contributed by atoms with E-state index in [0.29, 0.717) is 13.1 Å². The molecule has 0 aliphatic carbocycles. The van der Waals surface area contributed by atoms with Crippen LogP contribution in [0.25, 0.3) is 0 Å². The number of carbonyl (C=O) groups is 1. The SMILES string of the molecule is CC(C)N(CCC(=O)O)CCS(=O)(=O)c1ccc(Br)cc1. The first kappa shape index (κ1) is 18.1. The molecule has 118 valence electrons. The quantitative estimate of drug-likeness (QED) is 0.752. The summed E-state index contributed by atoms with van der Waals surface area (Å²) in [6.07, 6.45) is 0.0104. The van der Waals surface area contributed by atoms with Gasteiger partial charge in [-0.25, -0.2) is 8.42 Å². The van der Waals surface area contributed by atoms with Gasteiger partial charge in [-0.05, 0) is 38.1 Å². The summed E-state index contributed by atoms with van der Waals surface area (Å²) in [7, 11) is -3.35. The number of benzene rings is 1. The average Bonchev–Trinajstić information content (AvgIpc) is 2.38. The zero-order valence-electron chi connectivity index (χ0n) is 12.1. The smallest absolute Gasteiger partial charge is 0.304 e. The van der Waals surface area contributed by atoms with Crippen molar-refractivity contribution in [1.29, 1.82) is 0 Å². The Labute approximate surface area is 134 Å². The topological polar surface area (TPSA) is 74.7 Å². The lowest BCUT2D eigenvalue weighted by Gasteiger charge is -2.25. The molecule has 7 heteroatoms. The van der Waals surface area contributed by atoms with Crippen molar-refractivity contribution in [3.05, 3.63) is 28.7 Å². The van der Waals surface area contributed by atoms with Crippen molar-refractivity contribution in [2.24, 2.45) is 0 Å². The zero-order chi connectivity index (χ0) is 16.0. The second kappa shape index (κ2) is 7.91. The Morgan fingerprint density at radius 2 is 1.81 bits per heavy atom. The van der Waals surface area contributed by atoms with Crippen molar-refractivity contribution in [1.82, 2.24) is 4.90 Å². The highest BCUT2D eigenvalue weighted by molar-refractivity contribution is 9.10. The number of halogens is 1. The van der Waals surface area contributed by atoms with E-state index in [1.165, 1.54) is 0 Å². The first-order valence-electron chi connectivity index (χ1n) is 6.66. The van der Waals surface area contributed by atoms with E-state index in [0.717, 1.165) is 4.47 Å². The molecule has 0 saturated carbocycles. The van der Waals surface area contributed by atoms with Crippen LogP contribution >= 0.6 is 15.9 Å². The fraction of sp³-hybridized carbons (Fsp3) is 0.500. The predicted molar refractivity (Wildman–Crippen MR) is 85.2 cm³/mol. The van der Waals surface area contributed by atoms with E-state index in [4.69, 9.17) is 5.11 Å². The van der Waals surface area contributed by atoms with Gasteiger partial charge in [-0.2, -0.15) is 0 Å². The fourth-order valence-electron chi connectivity index (χ4n) is 1.86. The highest BCUT2D eigenvalue weighted by atomic mass is 79.9. The maximum atomic E-state index is 12.3. The molecule has 1 aromatic rings. The number of rotatable bonds is 8. The summed E-state index contributed by atoms with van der Waals surface area (Å²) in [5.41, 5.74) is 0. The molecule has 0 aliphatic rings. The molecular formula is C14H20BrNO4S. The van der Waals surface area contributed by atoms with Crippen molar-refractivity contribution in [3.63, 3.8) is 0 Å². The summed E-state index contributed by atoms with van der Waals surface area (Å²) in [5.74, 6) is -0.900. The molecule has 0 radical (unpaired) electrons. The molecule has 0 fully saturated rings. The largest absolute Gasteiger partial charge is 0.481 e. The molecule has 1 aromatic carbocycles. The Bertz CT molecular complexity index is 569. The number of hydrogen-bond donors (Lipinski definition) is 1. The standard InChI is InChI=1S/C14H20BrNO4S/c1-11(2)16(8-7-14(17)18)9-10-21(19,20)13-5-3-12(15)4-6-13/h3-6,11H,7-10H2,1-2H3,(H,17,18). The van der Waals surface area contributed by atoms with Gasteiger partial charge in [-0.3, -0.25) is 9.69 Å². The molecule has 0 aromatic heterocycles. The zero-order valence-corrected chi connectivity index (χ0v) is 14.5. The molecule has 0 bridgehead atoms. The monoisotopic (exact) mass is 377 g/mol. The second-order valence-electron chi connectivity index (χ2n) is 5.05. The van der Waals surface area contributed by atoms with Gasteiger partial charge in [0.1, 0.15) is 0 Å². The van der Waals surface area contributed by atoms with E-state index < -0.39 is 15.8 Å². The number of nitrogens with zero attached hydrogens (tertiary/aromatic N) is 1. The van der Waals surface area contributed by atoms with Crippen LogP contribution in [-0.2, 0) is 14.6 Å². The van der Waals surface area contributed by atoms with Gasteiger partial charge in [-0.1, -0.05) is 15.9 Å². The van der Waals surface area contributed by atoms with Gasteiger partial charge in [0.2, 0.25) is 0 Å². The molecule has 0 heterocycles. The summed E-state index contributed by atoms with van der Waals surface area (Å²) in [5, 5.41) is 8.73. The van der Waals surface area contributed by atoms with Crippen molar-refractivity contribution in [3.8, 4) is 0 Å². The third-order valence-electron chi connectivity index (χ3n) is 3.16. The van der Waals surface area contributed by atoms with Crippen LogP contribution in [0, 0.1) is 0 Å². The van der Waals surface area contributed by atoms with Crippen LogP contribution in [0.5, 0.6) is 0 Å². The number of sulfone groups is 1. The minimum absolute atomic E-state index is 0.0104. The van der Waals surface area contributed by atoms with Gasteiger partial charge in [0.05, 0.1) is 17.1 Å². The summed E-state index contributed by atoms with van der Waals surface area (Å²) in [6, 6.07) is 6.62. The average molecular weight is 378 g/mol. The molecule has 0 unspecified atom stereocenters. The maximum Gasteiger partial charge on any atom is 0.304 e. The lowest BCUT2D eigenvalue weighted by atomic mass is 10.3. The van der Waals surface area contributed by atoms with E-state index in [-0.39, 0.29) is 23.1 Å². The normalized spacial score (nSPS) is 12.0. The van der Waals surface area contributed by atoms with Crippen LogP contribution in [0.4, 0.5) is 0 Å². The van der Waals surface area contributed by atoms with Crippen molar-refractivity contribution >= 4 is 31.7 Å². The van der Waals surface area contributed by atoms with Crippen LogP contribution in [0.3, 0.4) is 0 Å². The van der Waals surface area contributed by atoms with Crippen LogP contribution in [-0.4, -0.2) is 49.3 Å². The van der Waals surface area contributed by atoms with E-state index >= 15 is 0 Å². The summed E-state index contributed by atoms with van der Waals surface area (Å²) in [4.78, 5) is 12.8. The molecule has 0 amide bonds. The molecule has 5 nitrogen and oxygen atoms in total. The molecule has 0 spiro atoms. The van der Waals surface area contributed by atoms with Gasteiger partial charge < -0.3 is 5.11 Å². The summed E-state index contributed by atoms with van der Waals surface area (Å²) in [6.45, 7) is 4.52. The van der Waals surface area contributed by atoms with Gasteiger partial charge in [0, 0.05) is 23.6 Å². The van der Waals surface area contributed by atoms with E-state index in [1.807, 2.05) is 18.7 Å². The Kier molecular flexibility index (Phi) is 6.83. The predicted octanol–water partition coefficient (Wildman–Crippen LogP) is 2.41. The van der Waals surface area contributed by atoms with E-state index in [2.05, 4.69) is 15.9 Å². The third kappa shape index (κ3) is 6.15. The highest BCUT2D eigenvalue weighted by Crippen LogP contribution is 2.16. The Hall–Kier alpha value is -0.920. The fourth-order valence-corrected chi connectivity index (χ4v) is 3.39. The minimum Gasteiger partial charge on any atom is -0.481 e. The molecule has 1 N–H and O–H groups in total. The molecule has 0 atom stereocenters. The Morgan fingerprint density at radius 1 is 1.24 bits per heavy atom. The molecule has 21 heavy (non-hydrogen) atoms. The first-order valence-corrected chi connectivity index (χ1v) is 9.11. The maximum absolute atomic E-state index is 12.3. The second-order valence-corrected chi connectivity index (χ2v) is 8.07. The Balaban J connectivity index is 2.69. The van der Waals surface area contributed by atoms with Crippen LogP contribution in [0.2, 0.25) is 0 Å².